The molecule has 2 rings (SSSR count). The van der Waals surface area contributed by atoms with Crippen molar-refractivity contribution in [2.75, 3.05) is 20.1 Å². The molecule has 0 aromatic carbocycles. The standard InChI is InChI=1S/C15H28N4/c1-12(2)18-7-6-13(9-18)10-19-11-17-8-14(19)15(3,4)16-5/h8,11-13,16H,6-7,9-10H2,1-5H3. The van der Waals surface area contributed by atoms with E-state index in [1.807, 2.05) is 19.6 Å². The number of likely N-dealkylation sites (tertiary alicyclic amines) is 1. The van der Waals surface area contributed by atoms with Gasteiger partial charge >= 0.3 is 0 Å². The van der Waals surface area contributed by atoms with E-state index in [9.17, 15) is 0 Å². The Balaban J connectivity index is 2.03. The molecular weight excluding hydrogens is 236 g/mol. The van der Waals surface area contributed by atoms with Crippen LogP contribution in [0, 0.1) is 5.92 Å². The summed E-state index contributed by atoms with van der Waals surface area (Å²) in [6.07, 6.45) is 5.27. The second-order valence-electron chi connectivity index (χ2n) is 6.55. The molecule has 1 fully saturated rings. The van der Waals surface area contributed by atoms with Crippen LogP contribution in [0.2, 0.25) is 0 Å². The lowest BCUT2D eigenvalue weighted by Crippen LogP contribution is -2.36. The highest BCUT2D eigenvalue weighted by Gasteiger charge is 2.27. The summed E-state index contributed by atoms with van der Waals surface area (Å²) in [5.74, 6) is 0.753. The molecule has 0 spiro atoms. The van der Waals surface area contributed by atoms with Crippen LogP contribution in [0.25, 0.3) is 0 Å². The highest BCUT2D eigenvalue weighted by molar-refractivity contribution is 5.11. The van der Waals surface area contributed by atoms with Gasteiger partial charge in [-0.1, -0.05) is 0 Å². The molecule has 0 amide bonds. The molecular formula is C15H28N4. The SMILES string of the molecule is CNC(C)(C)c1cncn1CC1CCN(C(C)C)C1. The molecule has 1 aliphatic rings. The van der Waals surface area contributed by atoms with Crippen molar-refractivity contribution in [3.05, 3.63) is 18.2 Å². The van der Waals surface area contributed by atoms with Crippen molar-refractivity contribution in [2.24, 2.45) is 5.92 Å². The van der Waals surface area contributed by atoms with Crippen LogP contribution >= 0.6 is 0 Å². The van der Waals surface area contributed by atoms with Crippen LogP contribution < -0.4 is 5.32 Å². The minimum Gasteiger partial charge on any atom is -0.333 e. The molecule has 0 aliphatic carbocycles. The first-order valence-electron chi connectivity index (χ1n) is 7.37. The third-order valence-electron chi connectivity index (χ3n) is 4.48. The van der Waals surface area contributed by atoms with E-state index in [0.29, 0.717) is 6.04 Å². The van der Waals surface area contributed by atoms with Crippen LogP contribution in [0.3, 0.4) is 0 Å². The molecule has 4 nitrogen and oxygen atoms in total. The van der Waals surface area contributed by atoms with Crippen molar-refractivity contribution in [3.63, 3.8) is 0 Å². The predicted octanol–water partition coefficient (Wildman–Crippen LogP) is 2.07. The number of hydrogen-bond donors (Lipinski definition) is 1. The second-order valence-corrected chi connectivity index (χ2v) is 6.55. The number of hydrogen-bond acceptors (Lipinski definition) is 3. The molecule has 1 aromatic rings. The van der Waals surface area contributed by atoms with Gasteiger partial charge in [0.15, 0.2) is 0 Å². The van der Waals surface area contributed by atoms with E-state index < -0.39 is 0 Å². The van der Waals surface area contributed by atoms with E-state index in [0.717, 1.165) is 12.5 Å². The Morgan fingerprint density at radius 1 is 1.47 bits per heavy atom. The van der Waals surface area contributed by atoms with Crippen LogP contribution in [0.4, 0.5) is 0 Å². The Morgan fingerprint density at radius 2 is 2.21 bits per heavy atom. The molecule has 1 N–H and O–H groups in total. The highest BCUT2D eigenvalue weighted by Crippen LogP contribution is 2.24. The Kier molecular flexibility index (Phi) is 4.31. The first-order valence-corrected chi connectivity index (χ1v) is 7.37. The zero-order chi connectivity index (χ0) is 14.0. The fraction of sp³-hybridized carbons (Fsp3) is 0.800. The number of nitrogens with zero attached hydrogens (tertiary/aromatic N) is 3. The van der Waals surface area contributed by atoms with Gasteiger partial charge in [0.25, 0.3) is 0 Å². The van der Waals surface area contributed by atoms with Crippen LogP contribution in [-0.4, -0.2) is 40.6 Å². The van der Waals surface area contributed by atoms with Gasteiger partial charge in [0, 0.05) is 25.3 Å². The summed E-state index contributed by atoms with van der Waals surface area (Å²) >= 11 is 0. The minimum absolute atomic E-state index is 0.0210. The van der Waals surface area contributed by atoms with Crippen LogP contribution in [0.5, 0.6) is 0 Å². The van der Waals surface area contributed by atoms with Crippen molar-refractivity contribution in [1.82, 2.24) is 19.8 Å². The summed E-state index contributed by atoms with van der Waals surface area (Å²) in [6, 6.07) is 0.668. The maximum atomic E-state index is 4.34. The third kappa shape index (κ3) is 3.18. The van der Waals surface area contributed by atoms with Gasteiger partial charge in [-0.05, 0) is 53.6 Å². The summed E-state index contributed by atoms with van der Waals surface area (Å²) in [4.78, 5) is 6.92. The van der Waals surface area contributed by atoms with Gasteiger partial charge < -0.3 is 14.8 Å². The number of rotatable bonds is 5. The highest BCUT2D eigenvalue weighted by atomic mass is 15.2. The number of imidazole rings is 1. The van der Waals surface area contributed by atoms with E-state index in [4.69, 9.17) is 0 Å². The molecule has 0 radical (unpaired) electrons. The van der Waals surface area contributed by atoms with Gasteiger partial charge in [-0.2, -0.15) is 0 Å². The summed E-state index contributed by atoms with van der Waals surface area (Å²) in [5, 5.41) is 3.36. The number of aromatic nitrogens is 2. The summed E-state index contributed by atoms with van der Waals surface area (Å²) < 4.78 is 2.32. The molecule has 1 atom stereocenters. The lowest BCUT2D eigenvalue weighted by Gasteiger charge is -2.26. The Morgan fingerprint density at radius 3 is 2.79 bits per heavy atom. The van der Waals surface area contributed by atoms with Crippen molar-refractivity contribution in [3.8, 4) is 0 Å². The lowest BCUT2D eigenvalue weighted by molar-refractivity contribution is 0.259. The normalized spacial score (nSPS) is 21.5. The Labute approximate surface area is 117 Å². The fourth-order valence-electron chi connectivity index (χ4n) is 2.87. The molecule has 1 saturated heterocycles. The van der Waals surface area contributed by atoms with Gasteiger partial charge in [-0.25, -0.2) is 4.98 Å². The van der Waals surface area contributed by atoms with Crippen LogP contribution in [0.1, 0.15) is 39.8 Å². The zero-order valence-corrected chi connectivity index (χ0v) is 13.0. The van der Waals surface area contributed by atoms with Crippen molar-refractivity contribution < 1.29 is 0 Å². The average Bonchev–Trinajstić information content (AvgIpc) is 2.98. The maximum absolute atomic E-state index is 4.34. The smallest absolute Gasteiger partial charge is 0.0948 e. The van der Waals surface area contributed by atoms with Crippen LogP contribution in [-0.2, 0) is 12.1 Å². The molecule has 1 unspecified atom stereocenters. The number of nitrogens with one attached hydrogen (secondary N) is 1. The molecule has 1 aromatic heterocycles. The van der Waals surface area contributed by atoms with E-state index in [1.165, 1.54) is 25.2 Å². The van der Waals surface area contributed by atoms with Crippen molar-refractivity contribution in [2.45, 2.75) is 52.2 Å². The Bertz CT molecular complexity index is 408. The van der Waals surface area contributed by atoms with Gasteiger partial charge in [0.05, 0.1) is 17.6 Å². The summed E-state index contributed by atoms with van der Waals surface area (Å²) in [5.41, 5.74) is 1.25. The lowest BCUT2D eigenvalue weighted by atomic mass is 10.0. The maximum Gasteiger partial charge on any atom is 0.0948 e. The monoisotopic (exact) mass is 264 g/mol. The fourth-order valence-corrected chi connectivity index (χ4v) is 2.87. The molecule has 1 aliphatic heterocycles. The molecule has 4 heteroatoms. The minimum atomic E-state index is -0.0210. The second kappa shape index (κ2) is 5.63. The molecule has 19 heavy (non-hydrogen) atoms. The van der Waals surface area contributed by atoms with E-state index in [1.54, 1.807) is 0 Å². The molecule has 0 saturated carbocycles. The first kappa shape index (κ1) is 14.5. The third-order valence-corrected chi connectivity index (χ3v) is 4.48. The largest absolute Gasteiger partial charge is 0.333 e. The van der Waals surface area contributed by atoms with Crippen molar-refractivity contribution >= 4 is 0 Å². The van der Waals surface area contributed by atoms with Gasteiger partial charge in [-0.15, -0.1) is 0 Å². The molecule has 0 bridgehead atoms. The van der Waals surface area contributed by atoms with E-state index in [2.05, 4.69) is 47.5 Å². The summed E-state index contributed by atoms with van der Waals surface area (Å²) in [7, 11) is 2.01. The summed E-state index contributed by atoms with van der Waals surface area (Å²) in [6.45, 7) is 12.5. The molecule has 2 heterocycles. The first-order chi connectivity index (χ1) is 8.94. The van der Waals surface area contributed by atoms with E-state index in [-0.39, 0.29) is 5.54 Å². The zero-order valence-electron chi connectivity index (χ0n) is 13.0. The predicted molar refractivity (Wildman–Crippen MR) is 79.1 cm³/mol. The van der Waals surface area contributed by atoms with E-state index >= 15 is 0 Å². The van der Waals surface area contributed by atoms with Crippen LogP contribution in [0.15, 0.2) is 12.5 Å². The van der Waals surface area contributed by atoms with Gasteiger partial charge in [0.2, 0.25) is 0 Å². The van der Waals surface area contributed by atoms with Crippen molar-refractivity contribution in [1.29, 1.82) is 0 Å². The average molecular weight is 264 g/mol. The van der Waals surface area contributed by atoms with Gasteiger partial charge in [-0.3, -0.25) is 0 Å². The quantitative estimate of drug-likeness (QED) is 0.884. The van der Waals surface area contributed by atoms with Gasteiger partial charge in [0.1, 0.15) is 0 Å². The Hall–Kier alpha value is -0.870. The topological polar surface area (TPSA) is 33.1 Å². The molecule has 108 valence electrons.